The van der Waals surface area contributed by atoms with E-state index in [0.29, 0.717) is 0 Å². The van der Waals surface area contributed by atoms with E-state index in [0.717, 1.165) is 27.0 Å². The molecule has 2 nitrogen and oxygen atoms in total. The predicted octanol–water partition coefficient (Wildman–Crippen LogP) is 6.63. The van der Waals surface area contributed by atoms with Gasteiger partial charge < -0.3 is 8.84 Å². The number of halogens is 1. The zero-order chi connectivity index (χ0) is 16.3. The highest BCUT2D eigenvalue weighted by atomic mass is 79.9. The average molecular weight is 381 g/mol. The number of fused-ring (bicyclic) bond motifs is 1. The summed E-state index contributed by atoms with van der Waals surface area (Å²) in [5.74, 6) is 1.98. The second-order valence-electron chi connectivity index (χ2n) is 8.32. The minimum Gasteiger partial charge on any atom is -0.541 e. The normalized spacial score (nSPS) is 17.8. The Morgan fingerprint density at radius 1 is 1.23 bits per heavy atom. The van der Waals surface area contributed by atoms with E-state index in [1.165, 1.54) is 12.8 Å². The molecule has 1 aromatic carbocycles. The summed E-state index contributed by atoms with van der Waals surface area (Å²) in [6.45, 7) is 13.6. The van der Waals surface area contributed by atoms with Crippen molar-refractivity contribution >= 4 is 35.2 Å². The largest absolute Gasteiger partial charge is 0.541 e. The molecule has 0 saturated heterocycles. The molecule has 2 aromatic rings. The highest BCUT2D eigenvalue weighted by molar-refractivity contribution is 9.10. The second-order valence-corrected chi connectivity index (χ2v) is 13.9. The first-order valence-corrected chi connectivity index (χ1v) is 11.7. The predicted molar refractivity (Wildman–Crippen MR) is 98.3 cm³/mol. The molecule has 1 aliphatic rings. The number of rotatable bonds is 3. The van der Waals surface area contributed by atoms with Gasteiger partial charge in [-0.25, -0.2) is 0 Å². The minimum absolute atomic E-state index is 0.171. The third-order valence-electron chi connectivity index (χ3n) is 5.36. The zero-order valence-electron chi connectivity index (χ0n) is 14.3. The van der Waals surface area contributed by atoms with Crippen molar-refractivity contribution < 1.29 is 8.84 Å². The van der Waals surface area contributed by atoms with E-state index in [1.807, 2.05) is 6.07 Å². The molecule has 22 heavy (non-hydrogen) atoms. The summed E-state index contributed by atoms with van der Waals surface area (Å²) in [5, 5.41) is 1.30. The maximum Gasteiger partial charge on any atom is 0.250 e. The fourth-order valence-corrected chi connectivity index (χ4v) is 3.75. The van der Waals surface area contributed by atoms with Gasteiger partial charge >= 0.3 is 0 Å². The van der Waals surface area contributed by atoms with Gasteiger partial charge in [0.05, 0.1) is 0 Å². The van der Waals surface area contributed by atoms with E-state index in [4.69, 9.17) is 8.84 Å². The summed E-state index contributed by atoms with van der Waals surface area (Å²) >= 11 is 3.65. The van der Waals surface area contributed by atoms with Gasteiger partial charge in [0.2, 0.25) is 0 Å². The Morgan fingerprint density at radius 2 is 1.86 bits per heavy atom. The van der Waals surface area contributed by atoms with Crippen LogP contribution in [0.5, 0.6) is 5.75 Å². The molecule has 0 amide bonds. The Labute approximate surface area is 142 Å². The molecule has 0 N–H and O–H groups in total. The molecule has 1 saturated carbocycles. The Bertz CT molecular complexity index is 720. The van der Waals surface area contributed by atoms with Crippen molar-refractivity contribution in [3.63, 3.8) is 0 Å². The molecule has 4 heteroatoms. The van der Waals surface area contributed by atoms with Crippen molar-refractivity contribution in [2.24, 2.45) is 0 Å². The van der Waals surface area contributed by atoms with Gasteiger partial charge in [-0.2, -0.15) is 0 Å². The number of hydrogen-bond donors (Lipinski definition) is 0. The highest BCUT2D eigenvalue weighted by Gasteiger charge is 2.43. The quantitative estimate of drug-likeness (QED) is 0.557. The molecule has 0 spiro atoms. The second kappa shape index (κ2) is 4.87. The lowest BCUT2D eigenvalue weighted by atomic mass is 10.1. The molecule has 120 valence electrons. The molecule has 1 heterocycles. The molecular formula is C18H25BrO2Si. The van der Waals surface area contributed by atoms with Gasteiger partial charge in [0.1, 0.15) is 11.5 Å². The van der Waals surface area contributed by atoms with Crippen LogP contribution in [0.25, 0.3) is 11.0 Å². The van der Waals surface area contributed by atoms with Gasteiger partial charge in [0.15, 0.2) is 5.58 Å². The van der Waals surface area contributed by atoms with Crippen LogP contribution in [-0.4, -0.2) is 8.32 Å². The van der Waals surface area contributed by atoms with Crippen molar-refractivity contribution in [1.29, 1.82) is 0 Å². The third-order valence-corrected chi connectivity index (χ3v) is 10.4. The van der Waals surface area contributed by atoms with Crippen molar-refractivity contribution in [1.82, 2.24) is 0 Å². The van der Waals surface area contributed by atoms with Gasteiger partial charge in [0.25, 0.3) is 8.32 Å². The summed E-state index contributed by atoms with van der Waals surface area (Å²) in [6.07, 6.45) is 2.42. The Hall–Kier alpha value is -0.743. The van der Waals surface area contributed by atoms with E-state index >= 15 is 0 Å². The molecular weight excluding hydrogens is 356 g/mol. The number of hydrogen-bond acceptors (Lipinski definition) is 2. The lowest BCUT2D eigenvalue weighted by Crippen LogP contribution is -2.43. The van der Waals surface area contributed by atoms with Crippen LogP contribution in [0.15, 0.2) is 27.1 Å². The first kappa shape index (κ1) is 16.1. The van der Waals surface area contributed by atoms with Crippen LogP contribution in [-0.2, 0) is 5.41 Å². The Morgan fingerprint density at radius 3 is 2.41 bits per heavy atom. The van der Waals surface area contributed by atoms with Crippen LogP contribution in [0, 0.1) is 0 Å². The molecule has 0 atom stereocenters. The maximum atomic E-state index is 6.51. The Kier molecular flexibility index (Phi) is 3.57. The molecule has 1 aliphatic carbocycles. The lowest BCUT2D eigenvalue weighted by Gasteiger charge is -2.36. The summed E-state index contributed by atoms with van der Waals surface area (Å²) < 4.78 is 13.8. The van der Waals surface area contributed by atoms with Crippen molar-refractivity contribution in [2.75, 3.05) is 0 Å². The Balaban J connectivity index is 2.07. The van der Waals surface area contributed by atoms with Crippen LogP contribution in [0.2, 0.25) is 18.1 Å². The van der Waals surface area contributed by atoms with Crippen molar-refractivity contribution in [2.45, 2.75) is 64.1 Å². The number of furan rings is 1. The summed E-state index contributed by atoms with van der Waals surface area (Å²) in [7, 11) is -1.88. The molecule has 1 aromatic heterocycles. The number of benzene rings is 1. The van der Waals surface area contributed by atoms with E-state index in [-0.39, 0.29) is 10.5 Å². The maximum absolute atomic E-state index is 6.51. The van der Waals surface area contributed by atoms with E-state index in [9.17, 15) is 0 Å². The van der Waals surface area contributed by atoms with Crippen LogP contribution >= 0.6 is 15.9 Å². The van der Waals surface area contributed by atoms with E-state index in [1.54, 1.807) is 0 Å². The topological polar surface area (TPSA) is 22.4 Å². The van der Waals surface area contributed by atoms with Gasteiger partial charge in [-0.3, -0.25) is 0 Å². The van der Waals surface area contributed by atoms with Gasteiger partial charge in [-0.05, 0) is 49.2 Å². The van der Waals surface area contributed by atoms with E-state index < -0.39 is 8.32 Å². The minimum atomic E-state index is -1.88. The van der Waals surface area contributed by atoms with Crippen LogP contribution in [0.1, 0.15) is 46.3 Å². The fourth-order valence-electron chi connectivity index (χ4n) is 2.31. The zero-order valence-corrected chi connectivity index (χ0v) is 16.9. The lowest BCUT2D eigenvalue weighted by molar-refractivity contribution is 0.462. The smallest absolute Gasteiger partial charge is 0.250 e. The van der Waals surface area contributed by atoms with Crippen molar-refractivity contribution in [3.8, 4) is 5.75 Å². The summed E-state index contributed by atoms with van der Waals surface area (Å²) in [5.41, 5.74) is 1.12. The SMILES string of the molecule is CC1(c2cc3c(Br)ccc(O[Si](C)(C)C(C)(C)C)c3o2)CC1. The third kappa shape index (κ3) is 2.65. The molecule has 0 radical (unpaired) electrons. The fraction of sp³-hybridized carbons (Fsp3) is 0.556. The standard InChI is InChI=1S/C18H25BrO2Si/c1-17(2,3)22(5,6)21-14-8-7-13(19)12-11-15(20-16(12)14)18(4)9-10-18/h7-8,11H,9-10H2,1-6H3. The molecule has 0 bridgehead atoms. The van der Waals surface area contributed by atoms with Gasteiger partial charge in [-0.1, -0.05) is 43.6 Å². The van der Waals surface area contributed by atoms with Crippen LogP contribution in [0.3, 0.4) is 0 Å². The first-order chi connectivity index (χ1) is 10.0. The van der Waals surface area contributed by atoms with Crippen molar-refractivity contribution in [3.05, 3.63) is 28.4 Å². The van der Waals surface area contributed by atoms with Crippen LogP contribution < -0.4 is 4.43 Å². The molecule has 0 aliphatic heterocycles. The highest BCUT2D eigenvalue weighted by Crippen LogP contribution is 2.51. The van der Waals surface area contributed by atoms with Gasteiger partial charge in [-0.15, -0.1) is 0 Å². The molecule has 1 fully saturated rings. The molecule has 0 unspecified atom stereocenters. The average Bonchev–Trinajstić information content (AvgIpc) is 2.98. The summed E-state index contributed by atoms with van der Waals surface area (Å²) in [6, 6.07) is 6.29. The van der Waals surface area contributed by atoms with Gasteiger partial charge in [0, 0.05) is 15.3 Å². The van der Waals surface area contributed by atoms with E-state index in [2.05, 4.69) is 68.9 Å². The monoisotopic (exact) mass is 380 g/mol. The molecule has 3 rings (SSSR count). The first-order valence-electron chi connectivity index (χ1n) is 7.95. The van der Waals surface area contributed by atoms with Crippen LogP contribution in [0.4, 0.5) is 0 Å². The summed E-state index contributed by atoms with van der Waals surface area (Å²) in [4.78, 5) is 0.